The van der Waals surface area contributed by atoms with Crippen LogP contribution in [0.25, 0.3) is 22.0 Å². The number of carbonyl (C=O) groups excluding carboxylic acids is 1. The summed E-state index contributed by atoms with van der Waals surface area (Å²) in [5.41, 5.74) is 8.36. The Bertz CT molecular complexity index is 1110. The maximum atomic E-state index is 12.4. The van der Waals surface area contributed by atoms with Crippen molar-refractivity contribution < 1.29 is 31.8 Å². The van der Waals surface area contributed by atoms with E-state index in [9.17, 15) is 27.1 Å². The van der Waals surface area contributed by atoms with Gasteiger partial charge in [0, 0.05) is 29.0 Å². The molecule has 2 aromatic carbocycles. The molecule has 1 amide bonds. The van der Waals surface area contributed by atoms with Gasteiger partial charge in [-0.15, -0.1) is 13.2 Å². The summed E-state index contributed by atoms with van der Waals surface area (Å²) in [6.07, 6.45) is -2.43. The average molecular weight is 440 g/mol. The van der Waals surface area contributed by atoms with Crippen LogP contribution in [0.1, 0.15) is 28.3 Å². The smallest absolute Gasteiger partial charge is 0.406 e. The quantitative estimate of drug-likeness (QED) is 0.454. The van der Waals surface area contributed by atoms with Gasteiger partial charge in [0.05, 0.1) is 11.1 Å². The molecule has 0 spiro atoms. The number of carbonyl (C=O) groups is 1. The van der Waals surface area contributed by atoms with Gasteiger partial charge in [0.1, 0.15) is 5.75 Å². The van der Waals surface area contributed by atoms with Crippen LogP contribution in [0.3, 0.4) is 0 Å². The first kappa shape index (κ1) is 20.6. The Balaban J connectivity index is 1.77. The number of fused-ring (bicyclic) bond motifs is 1. The van der Waals surface area contributed by atoms with E-state index in [-0.39, 0.29) is 23.0 Å². The summed E-state index contributed by atoms with van der Waals surface area (Å²) in [6, 6.07) is 8.71. The van der Waals surface area contributed by atoms with Crippen LogP contribution in [-0.4, -0.2) is 37.9 Å². The summed E-state index contributed by atoms with van der Waals surface area (Å²) in [5, 5.41) is 0.721. The predicted octanol–water partition coefficient (Wildman–Crippen LogP) is 5.07. The fraction of sp³-hybridized carbons (Fsp3) is 0.250. The number of primary amides is 1. The number of nitrogens with two attached hydrogens (primary N) is 1. The maximum Gasteiger partial charge on any atom is 0.573 e. The van der Waals surface area contributed by atoms with Crippen molar-refractivity contribution in [3.63, 3.8) is 0 Å². The number of H-pyrrole nitrogens is 1. The largest absolute Gasteiger partial charge is 0.573 e. The minimum Gasteiger partial charge on any atom is -0.406 e. The highest BCUT2D eigenvalue weighted by atomic mass is 32.3. The van der Waals surface area contributed by atoms with E-state index in [0.29, 0.717) is 28.8 Å². The fourth-order valence-electron chi connectivity index (χ4n) is 3.87. The second-order valence-electron chi connectivity index (χ2n) is 7.29. The Labute approximate surface area is 171 Å². The van der Waals surface area contributed by atoms with E-state index in [1.54, 1.807) is 12.3 Å². The van der Waals surface area contributed by atoms with Crippen molar-refractivity contribution in [2.24, 2.45) is 5.73 Å². The first-order valence-corrected chi connectivity index (χ1v) is 11.0. The fourth-order valence-corrected chi connectivity index (χ4v) is 5.69. The molecule has 1 fully saturated rings. The zero-order valence-electron chi connectivity index (χ0n) is 15.6. The molecule has 1 unspecified atom stereocenters. The molecular weight excluding hydrogens is 421 g/mol. The van der Waals surface area contributed by atoms with Gasteiger partial charge in [-0.1, -0.05) is 12.1 Å². The lowest BCUT2D eigenvalue weighted by molar-refractivity contribution is -0.274. The lowest BCUT2D eigenvalue weighted by atomic mass is 9.94. The summed E-state index contributed by atoms with van der Waals surface area (Å²) in [7, 11) is -2.61. The summed E-state index contributed by atoms with van der Waals surface area (Å²) in [5.74, 6) is -0.501. The van der Waals surface area contributed by atoms with E-state index < -0.39 is 22.9 Å². The molecular formula is C20H19F3N2O4S. The number of alkyl halides is 3. The minimum atomic E-state index is -4.78. The number of nitrogens with one attached hydrogen (secondary N) is 1. The van der Waals surface area contributed by atoms with Crippen LogP contribution in [0.2, 0.25) is 0 Å². The molecule has 1 aromatic heterocycles. The Kier molecular flexibility index (Phi) is 4.95. The van der Waals surface area contributed by atoms with Crippen LogP contribution in [-0.2, 0) is 0 Å². The van der Waals surface area contributed by atoms with Crippen molar-refractivity contribution in [1.29, 1.82) is 0 Å². The summed E-state index contributed by atoms with van der Waals surface area (Å²) in [6.45, 7) is 0. The normalized spacial score (nSPS) is 19.7. The third kappa shape index (κ3) is 4.11. The number of hydrogen-bond acceptors (Lipinski definition) is 4. The Morgan fingerprint density at radius 1 is 1.17 bits per heavy atom. The highest BCUT2D eigenvalue weighted by Crippen LogP contribution is 2.52. The van der Waals surface area contributed by atoms with E-state index >= 15 is 0 Å². The maximum absolute atomic E-state index is 12.4. The molecule has 6 nitrogen and oxygen atoms in total. The van der Waals surface area contributed by atoms with Gasteiger partial charge in [0.25, 0.3) is 5.91 Å². The van der Waals surface area contributed by atoms with E-state index in [2.05, 4.69) is 9.72 Å². The number of ether oxygens (including phenoxy) is 1. The van der Waals surface area contributed by atoms with Crippen LogP contribution in [0.5, 0.6) is 5.75 Å². The molecule has 5 N–H and O–H groups in total. The van der Waals surface area contributed by atoms with Gasteiger partial charge in [-0.3, -0.25) is 13.9 Å². The Hall–Kier alpha value is -2.69. The van der Waals surface area contributed by atoms with Crippen molar-refractivity contribution >= 4 is 27.4 Å². The number of benzene rings is 2. The van der Waals surface area contributed by atoms with Gasteiger partial charge >= 0.3 is 6.36 Å². The first-order valence-electron chi connectivity index (χ1n) is 9.07. The van der Waals surface area contributed by atoms with Crippen molar-refractivity contribution in [3.05, 3.63) is 53.7 Å². The molecule has 0 radical (unpaired) electrons. The van der Waals surface area contributed by atoms with E-state index in [1.807, 2.05) is 6.07 Å². The lowest BCUT2D eigenvalue weighted by Gasteiger charge is -2.26. The lowest BCUT2D eigenvalue weighted by Crippen LogP contribution is -2.16. The third-order valence-corrected chi connectivity index (χ3v) is 7.03. The zero-order valence-corrected chi connectivity index (χ0v) is 16.4. The Morgan fingerprint density at radius 2 is 1.87 bits per heavy atom. The summed E-state index contributed by atoms with van der Waals surface area (Å²) < 4.78 is 61.0. The van der Waals surface area contributed by atoms with Crippen LogP contribution in [0.15, 0.2) is 42.6 Å². The predicted molar refractivity (Wildman–Crippen MR) is 109 cm³/mol. The second-order valence-corrected chi connectivity index (χ2v) is 9.63. The number of halogens is 3. The van der Waals surface area contributed by atoms with Gasteiger partial charge < -0.3 is 15.5 Å². The number of hydrogen-bond donors (Lipinski definition) is 4. The summed E-state index contributed by atoms with van der Waals surface area (Å²) in [4.78, 5) is 15.1. The molecule has 1 aliphatic rings. The van der Waals surface area contributed by atoms with Crippen molar-refractivity contribution in [2.45, 2.75) is 18.7 Å². The van der Waals surface area contributed by atoms with Crippen LogP contribution >= 0.6 is 10.6 Å². The van der Waals surface area contributed by atoms with Gasteiger partial charge in [0.15, 0.2) is 0 Å². The van der Waals surface area contributed by atoms with Crippen molar-refractivity contribution in [1.82, 2.24) is 4.98 Å². The zero-order chi connectivity index (χ0) is 21.7. The molecule has 1 atom stereocenters. The molecule has 3 aromatic rings. The standard InChI is InChI=1S/C20H19F3N2O4S/c21-20(22,23)29-14-3-1-11(2-4-14)13-7-15-17(12-5-6-30(27,28)10-12)9-25-18(15)16(8-13)19(24)26/h1-4,7-9,12,25,27-28H,5-6,10H2,(H2,24,26). The first-order chi connectivity index (χ1) is 14.0. The number of amides is 1. The third-order valence-electron chi connectivity index (χ3n) is 5.21. The minimum absolute atomic E-state index is 0.0812. The molecule has 30 heavy (non-hydrogen) atoms. The van der Waals surface area contributed by atoms with Gasteiger partial charge in [-0.25, -0.2) is 0 Å². The number of rotatable bonds is 4. The van der Waals surface area contributed by atoms with E-state index in [1.165, 1.54) is 24.3 Å². The molecule has 4 rings (SSSR count). The molecule has 0 aliphatic carbocycles. The van der Waals surface area contributed by atoms with Gasteiger partial charge in [-0.05, 0) is 47.4 Å². The Morgan fingerprint density at radius 3 is 2.43 bits per heavy atom. The highest BCUT2D eigenvalue weighted by molar-refractivity contribution is 8.24. The van der Waals surface area contributed by atoms with Crippen LogP contribution < -0.4 is 10.5 Å². The SMILES string of the molecule is NC(=O)c1cc(-c2ccc(OC(F)(F)F)cc2)cc2c(C3CCS(O)(O)C3)c[nH]c12. The molecule has 1 saturated heterocycles. The molecule has 1 aliphatic heterocycles. The number of aromatic nitrogens is 1. The van der Waals surface area contributed by atoms with Gasteiger partial charge in [-0.2, -0.15) is 10.6 Å². The summed E-state index contributed by atoms with van der Waals surface area (Å²) >= 11 is 0. The van der Waals surface area contributed by atoms with Crippen molar-refractivity contribution in [2.75, 3.05) is 11.5 Å². The van der Waals surface area contributed by atoms with Crippen molar-refractivity contribution in [3.8, 4) is 16.9 Å². The molecule has 0 bridgehead atoms. The van der Waals surface area contributed by atoms with E-state index in [0.717, 1.165) is 10.9 Å². The highest BCUT2D eigenvalue weighted by Gasteiger charge is 2.32. The topological polar surface area (TPSA) is 109 Å². The van der Waals surface area contributed by atoms with Gasteiger partial charge in [0.2, 0.25) is 0 Å². The van der Waals surface area contributed by atoms with E-state index in [4.69, 9.17) is 5.73 Å². The molecule has 160 valence electrons. The molecule has 10 heteroatoms. The average Bonchev–Trinajstić information content (AvgIpc) is 3.22. The molecule has 0 saturated carbocycles. The van der Waals surface area contributed by atoms with Crippen LogP contribution in [0.4, 0.5) is 13.2 Å². The monoisotopic (exact) mass is 440 g/mol. The second kappa shape index (κ2) is 7.22. The number of aromatic amines is 1. The van der Waals surface area contributed by atoms with Crippen LogP contribution in [0, 0.1) is 0 Å². The molecule has 2 heterocycles.